The van der Waals surface area contributed by atoms with Gasteiger partial charge in [-0.05, 0) is 25.2 Å². The lowest BCUT2D eigenvalue weighted by molar-refractivity contribution is -0.349. The second-order valence-corrected chi connectivity index (χ2v) is 5.42. The van der Waals surface area contributed by atoms with Gasteiger partial charge in [0.25, 0.3) is 0 Å². The van der Waals surface area contributed by atoms with Gasteiger partial charge in [-0.1, -0.05) is 6.92 Å². The quantitative estimate of drug-likeness (QED) is 0.541. The van der Waals surface area contributed by atoms with E-state index in [1.165, 1.54) is 6.42 Å². The summed E-state index contributed by atoms with van der Waals surface area (Å²) >= 11 is 0. The topological polar surface area (TPSA) is 18.5 Å². The van der Waals surface area contributed by atoms with Gasteiger partial charge in [-0.2, -0.15) is 0 Å². The molecule has 0 spiro atoms. The summed E-state index contributed by atoms with van der Waals surface area (Å²) in [5.74, 6) is 2.65. The monoisotopic (exact) mass is 166 g/mol. The van der Waals surface area contributed by atoms with Crippen molar-refractivity contribution in [2.75, 3.05) is 6.61 Å². The van der Waals surface area contributed by atoms with Crippen molar-refractivity contribution in [3.63, 3.8) is 0 Å². The van der Waals surface area contributed by atoms with Gasteiger partial charge >= 0.3 is 0 Å². The second-order valence-electron chi connectivity index (χ2n) is 5.42. The first kappa shape index (κ1) is 6.39. The Balaban J connectivity index is 1.95. The minimum atomic E-state index is 0.153. The van der Waals surface area contributed by atoms with Gasteiger partial charge in [-0.15, -0.1) is 0 Å². The van der Waals surface area contributed by atoms with E-state index in [-0.39, 0.29) is 11.9 Å². The SMILES string of the molecule is C[C@]12CC3C4[C@H](OC[C@]1(C)[C@@H]34)O2. The van der Waals surface area contributed by atoms with Crippen molar-refractivity contribution >= 4 is 0 Å². The van der Waals surface area contributed by atoms with Crippen LogP contribution in [0.3, 0.4) is 0 Å². The number of ether oxygens (including phenoxy) is 2. The maximum absolute atomic E-state index is 5.97. The Morgan fingerprint density at radius 3 is 2.83 bits per heavy atom. The van der Waals surface area contributed by atoms with Crippen LogP contribution in [0.5, 0.6) is 0 Å². The van der Waals surface area contributed by atoms with Gasteiger partial charge in [0, 0.05) is 11.3 Å². The van der Waals surface area contributed by atoms with E-state index in [1.54, 1.807) is 0 Å². The van der Waals surface area contributed by atoms with E-state index in [4.69, 9.17) is 9.47 Å². The van der Waals surface area contributed by atoms with Crippen LogP contribution in [0.25, 0.3) is 0 Å². The second kappa shape index (κ2) is 1.38. The number of rotatable bonds is 0. The molecule has 66 valence electrons. The fourth-order valence-electron chi connectivity index (χ4n) is 4.13. The summed E-state index contributed by atoms with van der Waals surface area (Å²) in [6.07, 6.45) is 1.46. The third kappa shape index (κ3) is 0.391. The predicted molar refractivity (Wildman–Crippen MR) is 42.4 cm³/mol. The highest BCUT2D eigenvalue weighted by Crippen LogP contribution is 2.78. The summed E-state index contributed by atoms with van der Waals surface area (Å²) in [6.45, 7) is 5.57. The van der Waals surface area contributed by atoms with Crippen molar-refractivity contribution < 1.29 is 9.47 Å². The van der Waals surface area contributed by atoms with Gasteiger partial charge in [0.1, 0.15) is 0 Å². The molecule has 2 aliphatic carbocycles. The Morgan fingerprint density at radius 1 is 1.33 bits per heavy atom. The van der Waals surface area contributed by atoms with Crippen LogP contribution < -0.4 is 0 Å². The molecule has 12 heavy (non-hydrogen) atoms. The van der Waals surface area contributed by atoms with E-state index in [9.17, 15) is 0 Å². The zero-order valence-corrected chi connectivity index (χ0v) is 7.54. The molecule has 4 aliphatic heterocycles. The van der Waals surface area contributed by atoms with Gasteiger partial charge < -0.3 is 9.47 Å². The Morgan fingerprint density at radius 2 is 2.17 bits per heavy atom. The van der Waals surface area contributed by atoms with E-state index in [0.29, 0.717) is 5.41 Å². The molecule has 6 bridgehead atoms. The van der Waals surface area contributed by atoms with Crippen molar-refractivity contribution in [1.82, 2.24) is 0 Å². The highest BCUT2D eigenvalue weighted by molar-refractivity contribution is 5.26. The third-order valence-corrected chi connectivity index (χ3v) is 5.04. The van der Waals surface area contributed by atoms with Crippen LogP contribution in [-0.2, 0) is 9.47 Å². The Labute approximate surface area is 72.2 Å². The van der Waals surface area contributed by atoms with Crippen LogP contribution in [0.4, 0.5) is 0 Å². The van der Waals surface area contributed by atoms with E-state index in [0.717, 1.165) is 24.4 Å². The fourth-order valence-corrected chi connectivity index (χ4v) is 4.13. The van der Waals surface area contributed by atoms with Gasteiger partial charge in [-0.3, -0.25) is 0 Å². The fraction of sp³-hybridized carbons (Fsp3) is 1.00. The Hall–Kier alpha value is -0.0800. The molecule has 0 aromatic carbocycles. The molecule has 2 unspecified atom stereocenters. The van der Waals surface area contributed by atoms with Gasteiger partial charge in [-0.25, -0.2) is 0 Å². The predicted octanol–water partition coefficient (Wildman–Crippen LogP) is 1.40. The lowest BCUT2D eigenvalue weighted by Gasteiger charge is -2.55. The van der Waals surface area contributed by atoms with Crippen LogP contribution in [0.2, 0.25) is 0 Å². The molecule has 6 fully saturated rings. The van der Waals surface area contributed by atoms with Crippen LogP contribution in [0.1, 0.15) is 20.3 Å². The molecule has 4 heterocycles. The molecular weight excluding hydrogens is 152 g/mol. The zero-order chi connectivity index (χ0) is 8.14. The average molecular weight is 166 g/mol. The van der Waals surface area contributed by atoms with Crippen LogP contribution in [-0.4, -0.2) is 18.5 Å². The standard InChI is InChI=1S/C10H14O2/c1-9-4-11-8-6-5(7(6)9)3-10(9,2)12-8/h5-8H,3-4H2,1-2H3/t5?,6?,7-,8+,9+,10-/m0/s1. The van der Waals surface area contributed by atoms with E-state index in [2.05, 4.69) is 13.8 Å². The Kier molecular flexibility index (Phi) is 0.734. The lowest BCUT2D eigenvalue weighted by atomic mass is 9.69. The molecular formula is C10H14O2. The summed E-state index contributed by atoms with van der Waals surface area (Å²) < 4.78 is 11.7. The van der Waals surface area contributed by atoms with Gasteiger partial charge in [0.05, 0.1) is 12.2 Å². The van der Waals surface area contributed by atoms with Gasteiger partial charge in [0.2, 0.25) is 0 Å². The minimum absolute atomic E-state index is 0.153. The number of hydrogen-bond donors (Lipinski definition) is 0. The molecule has 4 saturated heterocycles. The first-order chi connectivity index (χ1) is 5.66. The normalized spacial score (nSPS) is 76.5. The minimum Gasteiger partial charge on any atom is -0.352 e. The van der Waals surface area contributed by atoms with Crippen molar-refractivity contribution in [3.05, 3.63) is 0 Å². The van der Waals surface area contributed by atoms with Gasteiger partial charge in [0.15, 0.2) is 6.29 Å². The summed E-state index contributed by atoms with van der Waals surface area (Å²) in [6, 6.07) is 0. The molecule has 2 heteroatoms. The molecule has 0 N–H and O–H groups in total. The van der Waals surface area contributed by atoms with E-state index in [1.807, 2.05) is 0 Å². The average Bonchev–Trinajstić information content (AvgIpc) is 2.67. The molecule has 6 aliphatic rings. The lowest BCUT2D eigenvalue weighted by Crippen LogP contribution is -2.61. The molecule has 6 atom stereocenters. The molecule has 0 radical (unpaired) electrons. The van der Waals surface area contributed by atoms with Crippen molar-refractivity contribution in [2.45, 2.75) is 32.2 Å². The summed E-state index contributed by atoms with van der Waals surface area (Å²) in [5.41, 5.74) is 0.497. The third-order valence-electron chi connectivity index (χ3n) is 5.04. The summed E-state index contributed by atoms with van der Waals surface area (Å²) in [5, 5.41) is 0. The molecule has 6 rings (SSSR count). The maximum Gasteiger partial charge on any atom is 0.161 e. The van der Waals surface area contributed by atoms with Crippen LogP contribution >= 0.6 is 0 Å². The highest BCUT2D eigenvalue weighted by Gasteiger charge is 2.81. The number of hydrogen-bond acceptors (Lipinski definition) is 2. The first-order valence-electron chi connectivity index (χ1n) is 4.95. The maximum atomic E-state index is 5.97. The molecule has 0 aromatic rings. The highest BCUT2D eigenvalue weighted by atomic mass is 16.7. The van der Waals surface area contributed by atoms with Crippen molar-refractivity contribution in [3.8, 4) is 0 Å². The van der Waals surface area contributed by atoms with Crippen LogP contribution in [0.15, 0.2) is 0 Å². The summed E-state index contributed by atoms with van der Waals surface area (Å²) in [4.78, 5) is 0. The molecule has 2 saturated carbocycles. The largest absolute Gasteiger partial charge is 0.352 e. The smallest absolute Gasteiger partial charge is 0.161 e. The summed E-state index contributed by atoms with van der Waals surface area (Å²) in [7, 11) is 0. The first-order valence-corrected chi connectivity index (χ1v) is 4.95. The van der Waals surface area contributed by atoms with Crippen molar-refractivity contribution in [1.29, 1.82) is 0 Å². The number of fused-ring (bicyclic) bond motifs is 1. The zero-order valence-electron chi connectivity index (χ0n) is 7.54. The molecule has 0 aromatic heterocycles. The Bertz CT molecular complexity index is 277. The van der Waals surface area contributed by atoms with Crippen molar-refractivity contribution in [2.24, 2.45) is 23.2 Å². The van der Waals surface area contributed by atoms with E-state index < -0.39 is 0 Å². The van der Waals surface area contributed by atoms with E-state index >= 15 is 0 Å². The molecule has 2 nitrogen and oxygen atoms in total. The molecule has 0 amide bonds. The van der Waals surface area contributed by atoms with Crippen LogP contribution in [0, 0.1) is 23.2 Å².